The maximum Gasteiger partial charge on any atom is 0.254 e. The number of hydrogen-bond acceptors (Lipinski definition) is 4. The highest BCUT2D eigenvalue weighted by atomic mass is 16.2. The first kappa shape index (κ1) is 20.9. The average Bonchev–Trinajstić information content (AvgIpc) is 3.46. The van der Waals surface area contributed by atoms with E-state index in [2.05, 4.69) is 22.0 Å². The number of carbonyl (C=O) groups excluding carboxylic acids is 1. The van der Waals surface area contributed by atoms with Crippen LogP contribution in [0.25, 0.3) is 0 Å². The molecule has 1 aromatic rings. The molecule has 1 N–H and O–H groups in total. The topological polar surface area (TPSA) is 69.3 Å². The molecule has 1 aromatic heterocycles. The summed E-state index contributed by atoms with van der Waals surface area (Å²) in [5.74, 6) is 2.08. The van der Waals surface area contributed by atoms with Crippen molar-refractivity contribution in [1.82, 2.24) is 19.8 Å². The van der Waals surface area contributed by atoms with Crippen molar-refractivity contribution in [3.63, 3.8) is 0 Å². The van der Waals surface area contributed by atoms with Crippen molar-refractivity contribution >= 4 is 5.91 Å². The van der Waals surface area contributed by atoms with Crippen LogP contribution in [0.2, 0.25) is 0 Å². The number of rotatable bonds is 5. The molecule has 2 fully saturated rings. The van der Waals surface area contributed by atoms with E-state index in [1.54, 1.807) is 0 Å². The third-order valence-electron chi connectivity index (χ3n) is 7.85. The molecule has 5 rings (SSSR count). The maximum atomic E-state index is 13.0. The van der Waals surface area contributed by atoms with Gasteiger partial charge >= 0.3 is 0 Å². The van der Waals surface area contributed by atoms with Crippen molar-refractivity contribution in [3.8, 4) is 0 Å². The number of nitrogens with one attached hydrogen (secondary N) is 1. The Labute approximate surface area is 185 Å². The van der Waals surface area contributed by atoms with E-state index in [-0.39, 0.29) is 17.5 Å². The molecule has 31 heavy (non-hydrogen) atoms. The zero-order chi connectivity index (χ0) is 21.2. The molecule has 4 aliphatic rings. The second kappa shape index (κ2) is 9.27. The summed E-state index contributed by atoms with van der Waals surface area (Å²) >= 11 is 0. The van der Waals surface area contributed by atoms with Gasteiger partial charge in [0, 0.05) is 38.2 Å². The van der Waals surface area contributed by atoms with Crippen molar-refractivity contribution in [1.29, 1.82) is 0 Å². The molecule has 0 unspecified atom stereocenters. The van der Waals surface area contributed by atoms with Crippen LogP contribution < -0.4 is 5.56 Å². The van der Waals surface area contributed by atoms with Gasteiger partial charge in [0.25, 0.3) is 5.56 Å². The van der Waals surface area contributed by atoms with Gasteiger partial charge in [0.15, 0.2) is 0 Å². The van der Waals surface area contributed by atoms with Crippen LogP contribution in [0.3, 0.4) is 0 Å². The van der Waals surface area contributed by atoms with Crippen LogP contribution in [0.5, 0.6) is 0 Å². The Hall–Kier alpha value is -1.95. The van der Waals surface area contributed by atoms with E-state index in [1.807, 2.05) is 4.90 Å². The third kappa shape index (κ3) is 4.64. The average molecular weight is 425 g/mol. The Kier molecular flexibility index (Phi) is 6.26. The zero-order valence-corrected chi connectivity index (χ0v) is 18.7. The SMILES string of the molecule is O=C(C[C@@H]1C=CCC1)N1CCC[C@@H]1c1nc2c(c(=O)[nH]1)CCN(CC1CCCCC1)C2. The van der Waals surface area contributed by atoms with Gasteiger partial charge in [-0.05, 0) is 56.8 Å². The lowest BCUT2D eigenvalue weighted by molar-refractivity contribution is -0.133. The molecule has 6 heteroatoms. The number of nitrogens with zero attached hydrogens (tertiary/aromatic N) is 3. The predicted octanol–water partition coefficient (Wildman–Crippen LogP) is 3.73. The monoisotopic (exact) mass is 424 g/mol. The highest BCUT2D eigenvalue weighted by Gasteiger charge is 2.34. The van der Waals surface area contributed by atoms with Crippen LogP contribution in [0.4, 0.5) is 0 Å². The number of H-pyrrole nitrogens is 1. The third-order valence-corrected chi connectivity index (χ3v) is 7.85. The summed E-state index contributed by atoms with van der Waals surface area (Å²) in [5, 5.41) is 0. The van der Waals surface area contributed by atoms with Crippen LogP contribution in [0.15, 0.2) is 16.9 Å². The van der Waals surface area contributed by atoms with E-state index < -0.39 is 0 Å². The van der Waals surface area contributed by atoms with Gasteiger partial charge in [-0.1, -0.05) is 31.4 Å². The molecule has 2 aliphatic heterocycles. The molecule has 6 nitrogen and oxygen atoms in total. The molecule has 1 saturated heterocycles. The van der Waals surface area contributed by atoms with Gasteiger partial charge in [-0.2, -0.15) is 0 Å². The quantitative estimate of drug-likeness (QED) is 0.732. The second-order valence-corrected chi connectivity index (χ2v) is 10.1. The second-order valence-electron chi connectivity index (χ2n) is 10.1. The normalized spacial score (nSPS) is 27.0. The standard InChI is InChI=1S/C25H36N4O2/c30-23(15-18-7-4-5-8-18)29-13-6-11-22(29)24-26-21-17-28(14-12-20(21)25(31)27-24)16-19-9-2-1-3-10-19/h4,7,18-19,22H,1-3,5-6,8-17H2,(H,26,27,31)/t18-,22-/m1/s1. The fourth-order valence-corrected chi connectivity index (χ4v) is 6.12. The molecular weight excluding hydrogens is 388 g/mol. The molecule has 1 saturated carbocycles. The Morgan fingerprint density at radius 2 is 1.97 bits per heavy atom. The first-order valence-electron chi connectivity index (χ1n) is 12.5. The smallest absolute Gasteiger partial charge is 0.254 e. The minimum Gasteiger partial charge on any atom is -0.332 e. The summed E-state index contributed by atoms with van der Waals surface area (Å²) in [6.07, 6.45) is 16.5. The van der Waals surface area contributed by atoms with Crippen molar-refractivity contribution in [2.45, 2.75) is 83.2 Å². The minimum absolute atomic E-state index is 0.00958. The summed E-state index contributed by atoms with van der Waals surface area (Å²) in [4.78, 5) is 38.4. The number of hydrogen-bond donors (Lipinski definition) is 1. The van der Waals surface area contributed by atoms with Gasteiger partial charge in [-0.25, -0.2) is 4.98 Å². The summed E-state index contributed by atoms with van der Waals surface area (Å²) in [6.45, 7) is 3.63. The van der Waals surface area contributed by atoms with Crippen LogP contribution in [0.1, 0.15) is 87.3 Å². The molecule has 3 heterocycles. The Morgan fingerprint density at radius 1 is 1.10 bits per heavy atom. The Balaban J connectivity index is 1.30. The van der Waals surface area contributed by atoms with Gasteiger partial charge in [0.2, 0.25) is 5.91 Å². The molecule has 0 spiro atoms. The first-order chi connectivity index (χ1) is 15.2. The Bertz CT molecular complexity index is 886. The van der Waals surface area contributed by atoms with Gasteiger partial charge < -0.3 is 9.88 Å². The molecule has 2 aliphatic carbocycles. The summed E-state index contributed by atoms with van der Waals surface area (Å²) in [6, 6.07) is -0.0791. The van der Waals surface area contributed by atoms with E-state index in [1.165, 1.54) is 32.1 Å². The lowest BCUT2D eigenvalue weighted by Crippen LogP contribution is -2.39. The predicted molar refractivity (Wildman–Crippen MR) is 121 cm³/mol. The fourth-order valence-electron chi connectivity index (χ4n) is 6.12. The lowest BCUT2D eigenvalue weighted by atomic mass is 9.88. The molecular formula is C25H36N4O2. The van der Waals surface area contributed by atoms with E-state index in [4.69, 9.17) is 4.98 Å². The van der Waals surface area contributed by atoms with Crippen molar-refractivity contribution in [2.75, 3.05) is 19.6 Å². The van der Waals surface area contributed by atoms with Gasteiger partial charge in [-0.3, -0.25) is 14.5 Å². The zero-order valence-electron chi connectivity index (χ0n) is 18.7. The van der Waals surface area contributed by atoms with Crippen molar-refractivity contribution < 1.29 is 4.79 Å². The van der Waals surface area contributed by atoms with Gasteiger partial charge in [0.1, 0.15) is 5.82 Å². The van der Waals surface area contributed by atoms with E-state index >= 15 is 0 Å². The molecule has 0 aromatic carbocycles. The van der Waals surface area contributed by atoms with Crippen LogP contribution in [-0.4, -0.2) is 45.3 Å². The van der Waals surface area contributed by atoms with Crippen LogP contribution in [-0.2, 0) is 17.8 Å². The number of amides is 1. The van der Waals surface area contributed by atoms with Gasteiger partial charge in [0.05, 0.1) is 11.7 Å². The molecule has 0 radical (unpaired) electrons. The Morgan fingerprint density at radius 3 is 2.77 bits per heavy atom. The van der Waals surface area contributed by atoms with Gasteiger partial charge in [-0.15, -0.1) is 0 Å². The molecule has 0 bridgehead atoms. The van der Waals surface area contributed by atoms with Crippen LogP contribution in [0, 0.1) is 11.8 Å². The fraction of sp³-hybridized carbons (Fsp3) is 0.720. The number of allylic oxidation sites excluding steroid dienone is 2. The number of likely N-dealkylation sites (tertiary alicyclic amines) is 1. The highest BCUT2D eigenvalue weighted by molar-refractivity contribution is 5.77. The number of aromatic nitrogens is 2. The van der Waals surface area contributed by atoms with Crippen molar-refractivity contribution in [2.24, 2.45) is 11.8 Å². The van der Waals surface area contributed by atoms with E-state index in [0.717, 1.165) is 75.5 Å². The molecule has 1 amide bonds. The lowest BCUT2D eigenvalue weighted by Gasteiger charge is -2.33. The molecule has 2 atom stereocenters. The number of carbonyl (C=O) groups is 1. The maximum absolute atomic E-state index is 13.0. The summed E-state index contributed by atoms with van der Waals surface area (Å²) in [7, 11) is 0. The number of fused-ring (bicyclic) bond motifs is 1. The number of aromatic amines is 1. The summed E-state index contributed by atoms with van der Waals surface area (Å²) < 4.78 is 0. The van der Waals surface area contributed by atoms with Crippen LogP contribution >= 0.6 is 0 Å². The van der Waals surface area contributed by atoms with E-state index in [0.29, 0.717) is 18.2 Å². The largest absolute Gasteiger partial charge is 0.332 e. The first-order valence-corrected chi connectivity index (χ1v) is 12.5. The van der Waals surface area contributed by atoms with Crippen molar-refractivity contribution in [3.05, 3.63) is 39.6 Å². The highest BCUT2D eigenvalue weighted by Crippen LogP contribution is 2.33. The summed E-state index contributed by atoms with van der Waals surface area (Å²) in [5.41, 5.74) is 1.81. The molecule has 168 valence electrons. The van der Waals surface area contributed by atoms with E-state index in [9.17, 15) is 9.59 Å². The minimum atomic E-state index is -0.0791.